The third-order valence-corrected chi connectivity index (χ3v) is 1.69. The summed E-state index contributed by atoms with van der Waals surface area (Å²) < 4.78 is 0.797. The van der Waals surface area contributed by atoms with Gasteiger partial charge in [-0.3, -0.25) is 0 Å². The zero-order valence-electron chi connectivity index (χ0n) is 7.32. The fraction of sp³-hybridized carbons (Fsp3) is 0. The summed E-state index contributed by atoms with van der Waals surface area (Å²) in [5.41, 5.74) is -0.722. The molecule has 2 aromatic heterocycles. The van der Waals surface area contributed by atoms with Gasteiger partial charge in [0.2, 0.25) is 0 Å². The Morgan fingerprint density at radius 1 is 1.40 bits per heavy atom. The van der Waals surface area contributed by atoms with E-state index >= 15 is 0 Å². The van der Waals surface area contributed by atoms with Gasteiger partial charge in [0.1, 0.15) is 5.69 Å². The zero-order valence-corrected chi connectivity index (χ0v) is 7.32. The summed E-state index contributed by atoms with van der Waals surface area (Å²) in [6, 6.07) is 4.81. The van der Waals surface area contributed by atoms with Crippen molar-refractivity contribution in [3.8, 4) is 11.7 Å². The zero-order chi connectivity index (χ0) is 10.8. The van der Waals surface area contributed by atoms with E-state index in [2.05, 4.69) is 15.3 Å². The Morgan fingerprint density at radius 2 is 2.20 bits per heavy atom. The van der Waals surface area contributed by atoms with E-state index in [0.29, 0.717) is 0 Å². The molecule has 0 aliphatic carbocycles. The molecule has 2 rings (SSSR count). The van der Waals surface area contributed by atoms with Crippen molar-refractivity contribution in [2.24, 2.45) is 0 Å². The maximum Gasteiger partial charge on any atom is 0.154 e. The summed E-state index contributed by atoms with van der Waals surface area (Å²) in [7, 11) is 0. The van der Waals surface area contributed by atoms with E-state index < -0.39 is 17.5 Å². The molecule has 0 N–H and O–H groups in total. The van der Waals surface area contributed by atoms with E-state index in [1.54, 1.807) is 12.1 Å². The van der Waals surface area contributed by atoms with E-state index in [1.165, 1.54) is 12.3 Å². The molecule has 0 saturated heterocycles. The second-order valence-corrected chi connectivity index (χ2v) is 2.63. The van der Waals surface area contributed by atoms with Gasteiger partial charge in [-0.1, -0.05) is 11.3 Å². The molecule has 0 aliphatic rings. The van der Waals surface area contributed by atoms with Crippen LogP contribution in [0.4, 0.5) is 0 Å². The number of aromatic nitrogens is 4. The highest BCUT2D eigenvalue weighted by Crippen LogP contribution is 2.13. The lowest BCUT2D eigenvalue weighted by molar-refractivity contribution is -0.283. The SMILES string of the molecule is O=C([O-])c1nnn(-c2ccccn2)c1[O-]. The van der Waals surface area contributed by atoms with Crippen molar-refractivity contribution in [1.29, 1.82) is 0 Å². The molecule has 0 fully saturated rings. The molecule has 0 unspecified atom stereocenters. The molecule has 0 aliphatic heterocycles. The van der Waals surface area contributed by atoms with Crippen LogP contribution in [0.25, 0.3) is 5.82 Å². The Balaban J connectivity index is 2.52. The maximum atomic E-state index is 11.4. The third-order valence-electron chi connectivity index (χ3n) is 1.69. The van der Waals surface area contributed by atoms with E-state index in [1.807, 2.05) is 0 Å². The second-order valence-electron chi connectivity index (χ2n) is 2.63. The standard InChI is InChI=1S/C8H6N4O3/c13-7-6(8(14)15)10-11-12(7)5-3-1-2-4-9-5/h1-4,13H,(H,14,15)/p-2. The van der Waals surface area contributed by atoms with E-state index in [9.17, 15) is 15.0 Å². The number of carbonyl (C=O) groups is 1. The summed E-state index contributed by atoms with van der Waals surface area (Å²) in [6.07, 6.45) is 1.45. The Hall–Kier alpha value is -2.44. The average molecular weight is 204 g/mol. The number of hydrogen-bond acceptors (Lipinski definition) is 6. The monoisotopic (exact) mass is 204 g/mol. The van der Waals surface area contributed by atoms with Crippen LogP contribution in [0, 0.1) is 0 Å². The number of pyridine rings is 1. The van der Waals surface area contributed by atoms with Gasteiger partial charge in [0.25, 0.3) is 0 Å². The first-order chi connectivity index (χ1) is 7.20. The van der Waals surface area contributed by atoms with Crippen LogP contribution in [-0.4, -0.2) is 25.9 Å². The van der Waals surface area contributed by atoms with Crippen molar-refractivity contribution in [3.63, 3.8) is 0 Å². The van der Waals surface area contributed by atoms with Gasteiger partial charge >= 0.3 is 0 Å². The smallest absolute Gasteiger partial charge is 0.154 e. The minimum atomic E-state index is -1.65. The predicted octanol–water partition coefficient (Wildman–Crippen LogP) is -1.90. The molecule has 2 heterocycles. The molecular formula is C8H4N4O3-2. The van der Waals surface area contributed by atoms with Gasteiger partial charge < -0.3 is 15.0 Å². The third kappa shape index (κ3) is 1.50. The van der Waals surface area contributed by atoms with E-state index in [-0.39, 0.29) is 5.82 Å². The van der Waals surface area contributed by atoms with Crippen LogP contribution in [-0.2, 0) is 0 Å². The van der Waals surface area contributed by atoms with Crippen LogP contribution in [0.1, 0.15) is 10.5 Å². The van der Waals surface area contributed by atoms with Gasteiger partial charge in [-0.2, -0.15) is 0 Å². The number of rotatable bonds is 2. The number of hydrogen-bond donors (Lipinski definition) is 0. The van der Waals surface area contributed by atoms with Crippen molar-refractivity contribution in [2.45, 2.75) is 0 Å². The lowest BCUT2D eigenvalue weighted by Gasteiger charge is -2.09. The molecule has 76 valence electrons. The Morgan fingerprint density at radius 3 is 2.73 bits per heavy atom. The molecule has 0 radical (unpaired) electrons. The highest BCUT2D eigenvalue weighted by Gasteiger charge is 2.06. The van der Waals surface area contributed by atoms with E-state index in [0.717, 1.165) is 4.68 Å². The Bertz CT molecular complexity index is 494. The van der Waals surface area contributed by atoms with Gasteiger partial charge in [-0.15, -0.1) is 5.10 Å². The molecule has 15 heavy (non-hydrogen) atoms. The highest BCUT2D eigenvalue weighted by molar-refractivity contribution is 5.85. The van der Waals surface area contributed by atoms with Crippen LogP contribution >= 0.6 is 0 Å². The first-order valence-corrected chi connectivity index (χ1v) is 3.95. The number of carbonyl (C=O) groups excluding carboxylic acids is 1. The second kappa shape index (κ2) is 3.37. The predicted molar refractivity (Wildman–Crippen MR) is 42.9 cm³/mol. The molecule has 2 aromatic rings. The molecular weight excluding hydrogens is 200 g/mol. The molecule has 0 atom stereocenters. The number of nitrogens with zero attached hydrogens (tertiary/aromatic N) is 4. The van der Waals surface area contributed by atoms with Gasteiger partial charge in [-0.05, 0) is 12.1 Å². The van der Waals surface area contributed by atoms with Crippen LogP contribution in [0.15, 0.2) is 24.4 Å². The van der Waals surface area contributed by atoms with E-state index in [4.69, 9.17) is 0 Å². The number of carboxylic acids is 1. The van der Waals surface area contributed by atoms with Crippen LogP contribution in [0.2, 0.25) is 0 Å². The summed E-state index contributed by atoms with van der Waals surface area (Å²) >= 11 is 0. The molecule has 0 spiro atoms. The molecule has 0 aromatic carbocycles. The quantitative estimate of drug-likeness (QED) is 0.565. The minimum Gasteiger partial charge on any atom is -0.857 e. The van der Waals surface area contributed by atoms with Gasteiger partial charge in [-0.25, -0.2) is 9.67 Å². The maximum absolute atomic E-state index is 11.4. The average Bonchev–Trinajstić information content (AvgIpc) is 2.61. The molecule has 0 amide bonds. The first-order valence-electron chi connectivity index (χ1n) is 3.95. The fourth-order valence-electron chi connectivity index (χ4n) is 1.03. The van der Waals surface area contributed by atoms with Gasteiger partial charge in [0, 0.05) is 12.1 Å². The van der Waals surface area contributed by atoms with Crippen molar-refractivity contribution < 1.29 is 15.0 Å². The molecule has 7 heteroatoms. The van der Waals surface area contributed by atoms with Crippen molar-refractivity contribution >= 4 is 5.97 Å². The summed E-state index contributed by atoms with van der Waals surface area (Å²) in [6.45, 7) is 0. The van der Waals surface area contributed by atoms with Crippen molar-refractivity contribution in [3.05, 3.63) is 30.1 Å². The lowest BCUT2D eigenvalue weighted by Crippen LogP contribution is -2.24. The first kappa shape index (κ1) is 9.13. The summed E-state index contributed by atoms with van der Waals surface area (Å²) in [4.78, 5) is 14.2. The lowest BCUT2D eigenvalue weighted by atomic mass is 10.4. The van der Waals surface area contributed by atoms with Gasteiger partial charge in [0.05, 0.1) is 5.97 Å². The molecule has 0 saturated carbocycles. The number of aromatic carboxylic acids is 1. The Kier molecular flexibility index (Phi) is 2.05. The normalized spacial score (nSPS) is 10.1. The highest BCUT2D eigenvalue weighted by atomic mass is 16.4. The largest absolute Gasteiger partial charge is 0.857 e. The van der Waals surface area contributed by atoms with Crippen LogP contribution < -0.4 is 10.2 Å². The van der Waals surface area contributed by atoms with Crippen molar-refractivity contribution in [1.82, 2.24) is 20.0 Å². The summed E-state index contributed by atoms with van der Waals surface area (Å²) in [5, 5.41) is 28.4. The topological polar surface area (TPSA) is 107 Å². The van der Waals surface area contributed by atoms with Crippen molar-refractivity contribution in [2.75, 3.05) is 0 Å². The van der Waals surface area contributed by atoms with Gasteiger partial charge in [0.15, 0.2) is 5.82 Å². The fourth-order valence-corrected chi connectivity index (χ4v) is 1.03. The van der Waals surface area contributed by atoms with Crippen LogP contribution in [0.3, 0.4) is 0 Å². The minimum absolute atomic E-state index is 0.211. The molecule has 0 bridgehead atoms. The molecule has 7 nitrogen and oxygen atoms in total. The summed E-state index contributed by atoms with van der Waals surface area (Å²) in [5.74, 6) is -2.29. The van der Waals surface area contributed by atoms with Crippen LogP contribution in [0.5, 0.6) is 5.88 Å². The number of carboxylic acid groups (broad SMARTS) is 1. The Labute approximate surface area is 83.6 Å².